The lowest BCUT2D eigenvalue weighted by atomic mass is 10.1. The molecule has 21 heavy (non-hydrogen) atoms. The van der Waals surface area contributed by atoms with Crippen LogP contribution in [0.5, 0.6) is 0 Å². The van der Waals surface area contributed by atoms with Gasteiger partial charge in [0.15, 0.2) is 0 Å². The molecular formula is C16H16Cl2N2O. The van der Waals surface area contributed by atoms with Crippen LogP contribution in [0.2, 0.25) is 10.2 Å². The second-order valence-corrected chi connectivity index (χ2v) is 5.66. The van der Waals surface area contributed by atoms with Crippen molar-refractivity contribution in [2.24, 2.45) is 0 Å². The van der Waals surface area contributed by atoms with E-state index in [-0.39, 0.29) is 22.1 Å². The Morgan fingerprint density at radius 2 is 2.00 bits per heavy atom. The molecule has 1 N–H and O–H groups in total. The average molecular weight is 323 g/mol. The van der Waals surface area contributed by atoms with Gasteiger partial charge in [-0.3, -0.25) is 4.79 Å². The van der Waals surface area contributed by atoms with Crippen LogP contribution < -0.4 is 5.32 Å². The zero-order valence-electron chi connectivity index (χ0n) is 11.6. The molecule has 0 saturated carbocycles. The monoisotopic (exact) mass is 322 g/mol. The second-order valence-electron chi connectivity index (χ2n) is 4.90. The van der Waals surface area contributed by atoms with Gasteiger partial charge in [-0.1, -0.05) is 53.5 Å². The molecule has 1 atom stereocenters. The van der Waals surface area contributed by atoms with Gasteiger partial charge in [0.05, 0.1) is 10.6 Å². The van der Waals surface area contributed by atoms with Crippen LogP contribution in [0.3, 0.4) is 0 Å². The van der Waals surface area contributed by atoms with E-state index < -0.39 is 0 Å². The van der Waals surface area contributed by atoms with E-state index in [0.29, 0.717) is 5.56 Å². The maximum atomic E-state index is 12.1. The second kappa shape index (κ2) is 7.43. The minimum absolute atomic E-state index is 0.0622. The first-order chi connectivity index (χ1) is 10.1. The summed E-state index contributed by atoms with van der Waals surface area (Å²) in [5.74, 6) is -0.193. The van der Waals surface area contributed by atoms with Crippen molar-refractivity contribution in [1.29, 1.82) is 0 Å². The maximum Gasteiger partial charge on any atom is 0.253 e. The lowest BCUT2D eigenvalue weighted by Gasteiger charge is -2.14. The third-order valence-electron chi connectivity index (χ3n) is 3.14. The number of amides is 1. The summed E-state index contributed by atoms with van der Waals surface area (Å²) in [4.78, 5) is 16.0. The maximum absolute atomic E-state index is 12.1. The number of carbonyl (C=O) groups excluding carboxylic acids is 1. The van der Waals surface area contributed by atoms with Crippen LogP contribution in [0, 0.1) is 0 Å². The summed E-state index contributed by atoms with van der Waals surface area (Å²) in [6, 6.07) is 11.8. The van der Waals surface area contributed by atoms with Crippen molar-refractivity contribution in [2.45, 2.75) is 25.8 Å². The molecule has 0 spiro atoms. The van der Waals surface area contributed by atoms with E-state index in [0.717, 1.165) is 12.8 Å². The van der Waals surface area contributed by atoms with Crippen LogP contribution in [0.1, 0.15) is 29.3 Å². The van der Waals surface area contributed by atoms with E-state index in [2.05, 4.69) is 22.4 Å². The van der Waals surface area contributed by atoms with Gasteiger partial charge in [0.25, 0.3) is 5.91 Å². The van der Waals surface area contributed by atoms with Gasteiger partial charge in [-0.05, 0) is 31.4 Å². The van der Waals surface area contributed by atoms with Gasteiger partial charge in [-0.25, -0.2) is 4.98 Å². The van der Waals surface area contributed by atoms with Crippen LogP contribution in [0.4, 0.5) is 0 Å². The molecule has 0 fully saturated rings. The standard InChI is InChI=1S/C16H16Cl2N2O/c1-11(7-8-12-5-3-2-4-6-12)20-16(21)13-9-14(17)15(18)19-10-13/h2-6,9-11H,7-8H2,1H3,(H,20,21)/t11-/m1/s1. The highest BCUT2D eigenvalue weighted by Gasteiger charge is 2.12. The average Bonchev–Trinajstić information content (AvgIpc) is 2.49. The van der Waals surface area contributed by atoms with Crippen LogP contribution in [0.25, 0.3) is 0 Å². The van der Waals surface area contributed by atoms with Crippen molar-refractivity contribution >= 4 is 29.1 Å². The molecule has 2 rings (SSSR count). The number of benzene rings is 1. The van der Waals surface area contributed by atoms with Crippen molar-refractivity contribution in [2.75, 3.05) is 0 Å². The first-order valence-electron chi connectivity index (χ1n) is 6.72. The Labute approximate surface area is 134 Å². The SMILES string of the molecule is C[C@H](CCc1ccccc1)NC(=O)c1cnc(Cl)c(Cl)c1. The van der Waals surface area contributed by atoms with E-state index >= 15 is 0 Å². The summed E-state index contributed by atoms with van der Waals surface area (Å²) in [7, 11) is 0. The van der Waals surface area contributed by atoms with Crippen molar-refractivity contribution in [3.05, 3.63) is 63.9 Å². The summed E-state index contributed by atoms with van der Waals surface area (Å²) in [6.07, 6.45) is 3.21. The number of aryl methyl sites for hydroxylation is 1. The van der Waals surface area contributed by atoms with Crippen molar-refractivity contribution < 1.29 is 4.79 Å². The highest BCUT2D eigenvalue weighted by Crippen LogP contribution is 2.19. The third-order valence-corrected chi connectivity index (χ3v) is 3.83. The molecule has 2 aromatic rings. The van der Waals surface area contributed by atoms with Gasteiger partial charge in [0, 0.05) is 12.2 Å². The van der Waals surface area contributed by atoms with Crippen LogP contribution >= 0.6 is 23.2 Å². The summed E-state index contributed by atoms with van der Waals surface area (Å²) in [5, 5.41) is 3.41. The summed E-state index contributed by atoms with van der Waals surface area (Å²) in [6.45, 7) is 1.98. The molecule has 0 aliphatic rings. The van der Waals surface area contributed by atoms with Crippen LogP contribution in [0.15, 0.2) is 42.6 Å². The molecular weight excluding hydrogens is 307 g/mol. The number of nitrogens with zero attached hydrogens (tertiary/aromatic N) is 1. The lowest BCUT2D eigenvalue weighted by Crippen LogP contribution is -2.33. The van der Waals surface area contributed by atoms with Gasteiger partial charge in [-0.15, -0.1) is 0 Å². The van der Waals surface area contributed by atoms with Gasteiger partial charge >= 0.3 is 0 Å². The predicted octanol–water partition coefficient (Wildman–Crippen LogP) is 4.14. The number of rotatable bonds is 5. The fraction of sp³-hybridized carbons (Fsp3) is 0.250. The summed E-state index contributed by atoms with van der Waals surface area (Å²) >= 11 is 11.6. The topological polar surface area (TPSA) is 42.0 Å². The van der Waals surface area contributed by atoms with E-state index in [1.165, 1.54) is 17.8 Å². The number of carbonyl (C=O) groups is 1. The van der Waals surface area contributed by atoms with E-state index in [9.17, 15) is 4.79 Å². The Hall–Kier alpha value is -1.58. The van der Waals surface area contributed by atoms with E-state index in [4.69, 9.17) is 23.2 Å². The van der Waals surface area contributed by atoms with Gasteiger partial charge < -0.3 is 5.32 Å². The molecule has 1 amide bonds. The molecule has 3 nitrogen and oxygen atoms in total. The fourth-order valence-corrected chi connectivity index (χ4v) is 2.22. The molecule has 0 saturated heterocycles. The van der Waals surface area contributed by atoms with Gasteiger partial charge in [-0.2, -0.15) is 0 Å². The minimum atomic E-state index is -0.193. The van der Waals surface area contributed by atoms with E-state index in [1.807, 2.05) is 25.1 Å². The zero-order chi connectivity index (χ0) is 15.2. The largest absolute Gasteiger partial charge is 0.350 e. The minimum Gasteiger partial charge on any atom is -0.350 e. The van der Waals surface area contributed by atoms with Crippen LogP contribution in [-0.2, 0) is 6.42 Å². The van der Waals surface area contributed by atoms with Crippen LogP contribution in [-0.4, -0.2) is 16.9 Å². The number of hydrogen-bond acceptors (Lipinski definition) is 2. The normalized spacial score (nSPS) is 12.0. The highest BCUT2D eigenvalue weighted by molar-refractivity contribution is 6.41. The van der Waals surface area contributed by atoms with Crippen molar-refractivity contribution in [1.82, 2.24) is 10.3 Å². The molecule has 0 aliphatic carbocycles. The number of nitrogens with one attached hydrogen (secondary N) is 1. The number of pyridine rings is 1. The first kappa shape index (κ1) is 15.8. The molecule has 1 aromatic carbocycles. The lowest BCUT2D eigenvalue weighted by molar-refractivity contribution is 0.0938. The quantitative estimate of drug-likeness (QED) is 0.840. The molecule has 110 valence electrons. The Balaban J connectivity index is 1.88. The molecule has 0 radical (unpaired) electrons. The summed E-state index contributed by atoms with van der Waals surface area (Å²) in [5.41, 5.74) is 1.67. The highest BCUT2D eigenvalue weighted by atomic mass is 35.5. The molecule has 0 aliphatic heterocycles. The fourth-order valence-electron chi connectivity index (χ4n) is 1.95. The molecule has 0 bridgehead atoms. The molecule has 5 heteroatoms. The zero-order valence-corrected chi connectivity index (χ0v) is 13.2. The Bertz CT molecular complexity index is 617. The Morgan fingerprint density at radius 1 is 1.29 bits per heavy atom. The molecule has 1 aromatic heterocycles. The van der Waals surface area contributed by atoms with Gasteiger partial charge in [0.2, 0.25) is 0 Å². The smallest absolute Gasteiger partial charge is 0.253 e. The van der Waals surface area contributed by atoms with E-state index in [1.54, 1.807) is 0 Å². The van der Waals surface area contributed by atoms with Crippen molar-refractivity contribution in [3.8, 4) is 0 Å². The number of hydrogen-bond donors (Lipinski definition) is 1. The number of halogens is 2. The molecule has 0 unspecified atom stereocenters. The summed E-state index contributed by atoms with van der Waals surface area (Å²) < 4.78 is 0. The van der Waals surface area contributed by atoms with Gasteiger partial charge in [0.1, 0.15) is 5.15 Å². The molecule has 1 heterocycles. The Kier molecular flexibility index (Phi) is 5.59. The number of aromatic nitrogens is 1. The third kappa shape index (κ3) is 4.73. The Morgan fingerprint density at radius 3 is 2.67 bits per heavy atom. The van der Waals surface area contributed by atoms with Crippen molar-refractivity contribution in [3.63, 3.8) is 0 Å². The predicted molar refractivity (Wildman–Crippen MR) is 85.9 cm³/mol. The first-order valence-corrected chi connectivity index (χ1v) is 7.47.